The molecule has 1 fully saturated rings. The highest BCUT2D eigenvalue weighted by Crippen LogP contribution is 2.22. The van der Waals surface area contributed by atoms with Crippen molar-refractivity contribution in [3.8, 4) is 11.3 Å². The largest absolute Gasteiger partial charge is 0.359 e. The van der Waals surface area contributed by atoms with E-state index in [0.29, 0.717) is 29.4 Å². The Bertz CT molecular complexity index is 708. The van der Waals surface area contributed by atoms with Crippen LogP contribution >= 0.6 is 0 Å². The molecule has 1 aliphatic heterocycles. The van der Waals surface area contributed by atoms with Crippen LogP contribution in [0.3, 0.4) is 0 Å². The van der Waals surface area contributed by atoms with Crippen molar-refractivity contribution in [1.29, 1.82) is 0 Å². The van der Waals surface area contributed by atoms with E-state index < -0.39 is 0 Å². The van der Waals surface area contributed by atoms with Crippen molar-refractivity contribution in [1.82, 2.24) is 15.4 Å². The number of carbonyl (C=O) groups excluding carboxylic acids is 1. The van der Waals surface area contributed by atoms with Gasteiger partial charge in [-0.3, -0.25) is 4.79 Å². The van der Waals surface area contributed by atoms with Crippen LogP contribution < -0.4 is 5.32 Å². The Morgan fingerprint density at radius 2 is 2.12 bits per heavy atom. The van der Waals surface area contributed by atoms with E-state index in [1.54, 1.807) is 24.3 Å². The zero-order chi connectivity index (χ0) is 17.6. The molecule has 5 nitrogen and oxygen atoms in total. The fourth-order valence-electron chi connectivity index (χ4n) is 3.22. The summed E-state index contributed by atoms with van der Waals surface area (Å²) < 4.78 is 19.0. The standard InChI is InChI=1S/C19H24FN3O2/c1-2-23-9-7-14(8-10-23)11-19(24)21-13-15-12-18(22-25-15)16-5-3-4-6-17(16)20/h3-6,12,14H,2,7-11,13H2,1H3,(H,21,24). The van der Waals surface area contributed by atoms with Crippen LogP contribution in [0.25, 0.3) is 11.3 Å². The second kappa shape index (κ2) is 8.25. The molecule has 0 aliphatic carbocycles. The average molecular weight is 345 g/mol. The molecule has 25 heavy (non-hydrogen) atoms. The molecule has 1 saturated heterocycles. The summed E-state index contributed by atoms with van der Waals surface area (Å²) in [6.45, 7) is 5.66. The highest BCUT2D eigenvalue weighted by atomic mass is 19.1. The molecular weight excluding hydrogens is 321 g/mol. The number of benzene rings is 1. The molecule has 1 aromatic heterocycles. The van der Waals surface area contributed by atoms with Gasteiger partial charge in [-0.05, 0) is 50.5 Å². The van der Waals surface area contributed by atoms with E-state index in [0.717, 1.165) is 32.5 Å². The van der Waals surface area contributed by atoms with Crippen LogP contribution in [-0.2, 0) is 11.3 Å². The Morgan fingerprint density at radius 3 is 2.84 bits per heavy atom. The predicted molar refractivity (Wildman–Crippen MR) is 93.2 cm³/mol. The van der Waals surface area contributed by atoms with Gasteiger partial charge in [0.25, 0.3) is 0 Å². The van der Waals surface area contributed by atoms with E-state index in [2.05, 4.69) is 22.3 Å². The summed E-state index contributed by atoms with van der Waals surface area (Å²) in [6, 6.07) is 8.08. The number of hydrogen-bond acceptors (Lipinski definition) is 4. The third-order valence-corrected chi connectivity index (χ3v) is 4.80. The summed E-state index contributed by atoms with van der Waals surface area (Å²) in [5, 5.41) is 6.76. The maximum absolute atomic E-state index is 13.8. The highest BCUT2D eigenvalue weighted by molar-refractivity contribution is 5.76. The molecule has 6 heteroatoms. The van der Waals surface area contributed by atoms with Gasteiger partial charge in [-0.15, -0.1) is 0 Å². The summed E-state index contributed by atoms with van der Waals surface area (Å²) in [5.74, 6) is 0.655. The third kappa shape index (κ3) is 4.66. The van der Waals surface area contributed by atoms with Crippen molar-refractivity contribution < 1.29 is 13.7 Å². The van der Waals surface area contributed by atoms with Crippen LogP contribution in [0.5, 0.6) is 0 Å². The first-order chi connectivity index (χ1) is 12.2. The zero-order valence-electron chi connectivity index (χ0n) is 14.5. The summed E-state index contributed by atoms with van der Waals surface area (Å²) in [4.78, 5) is 14.5. The second-order valence-electron chi connectivity index (χ2n) is 6.52. The van der Waals surface area contributed by atoms with E-state index in [9.17, 15) is 9.18 Å². The first kappa shape index (κ1) is 17.6. The predicted octanol–water partition coefficient (Wildman–Crippen LogP) is 3.22. The van der Waals surface area contributed by atoms with Gasteiger partial charge in [0.2, 0.25) is 5.91 Å². The lowest BCUT2D eigenvalue weighted by atomic mass is 9.93. The minimum absolute atomic E-state index is 0.0267. The summed E-state index contributed by atoms with van der Waals surface area (Å²) in [5.41, 5.74) is 0.834. The fourth-order valence-corrected chi connectivity index (χ4v) is 3.22. The molecule has 0 radical (unpaired) electrons. The molecule has 3 rings (SSSR count). The molecule has 0 unspecified atom stereocenters. The molecule has 0 atom stereocenters. The molecule has 1 aliphatic rings. The highest BCUT2D eigenvalue weighted by Gasteiger charge is 2.20. The van der Waals surface area contributed by atoms with Gasteiger partial charge in [0.05, 0.1) is 6.54 Å². The Hall–Kier alpha value is -2.21. The van der Waals surface area contributed by atoms with Gasteiger partial charge in [-0.1, -0.05) is 24.2 Å². The molecule has 0 saturated carbocycles. The number of carbonyl (C=O) groups is 1. The lowest BCUT2D eigenvalue weighted by Crippen LogP contribution is -2.35. The maximum Gasteiger partial charge on any atom is 0.220 e. The SMILES string of the molecule is CCN1CCC(CC(=O)NCc2cc(-c3ccccc3F)no2)CC1. The van der Waals surface area contributed by atoms with Gasteiger partial charge in [-0.2, -0.15) is 0 Å². The smallest absolute Gasteiger partial charge is 0.220 e. The Balaban J connectivity index is 1.48. The van der Waals surface area contributed by atoms with E-state index in [1.807, 2.05) is 0 Å². The van der Waals surface area contributed by atoms with Gasteiger partial charge < -0.3 is 14.7 Å². The topological polar surface area (TPSA) is 58.4 Å². The van der Waals surface area contributed by atoms with E-state index in [1.165, 1.54) is 6.07 Å². The molecule has 134 valence electrons. The van der Waals surface area contributed by atoms with Gasteiger partial charge >= 0.3 is 0 Å². The number of rotatable bonds is 6. The molecule has 0 bridgehead atoms. The number of hydrogen-bond donors (Lipinski definition) is 1. The number of amides is 1. The van der Waals surface area contributed by atoms with Gasteiger partial charge in [0.1, 0.15) is 11.5 Å². The lowest BCUT2D eigenvalue weighted by Gasteiger charge is -2.30. The van der Waals surface area contributed by atoms with Crippen LogP contribution in [0.4, 0.5) is 4.39 Å². The number of likely N-dealkylation sites (tertiary alicyclic amines) is 1. The molecule has 1 N–H and O–H groups in total. The number of aromatic nitrogens is 1. The van der Waals surface area contributed by atoms with Crippen LogP contribution in [-0.4, -0.2) is 35.6 Å². The summed E-state index contributed by atoms with van der Waals surface area (Å²) >= 11 is 0. The molecule has 1 aromatic carbocycles. The lowest BCUT2D eigenvalue weighted by molar-refractivity contribution is -0.122. The van der Waals surface area contributed by atoms with Gasteiger partial charge in [0.15, 0.2) is 5.76 Å². The van der Waals surface area contributed by atoms with Crippen molar-refractivity contribution in [2.24, 2.45) is 5.92 Å². The maximum atomic E-state index is 13.8. The molecule has 2 heterocycles. The Labute approximate surface area is 147 Å². The molecule has 0 spiro atoms. The third-order valence-electron chi connectivity index (χ3n) is 4.80. The van der Waals surface area contributed by atoms with Crippen molar-refractivity contribution in [2.45, 2.75) is 32.7 Å². The van der Waals surface area contributed by atoms with Gasteiger partial charge in [0, 0.05) is 18.1 Å². The van der Waals surface area contributed by atoms with Crippen LogP contribution in [0.1, 0.15) is 31.9 Å². The number of nitrogens with zero attached hydrogens (tertiary/aromatic N) is 2. The van der Waals surface area contributed by atoms with Gasteiger partial charge in [-0.25, -0.2) is 4.39 Å². The first-order valence-corrected chi connectivity index (χ1v) is 8.85. The van der Waals surface area contributed by atoms with E-state index >= 15 is 0 Å². The van der Waals surface area contributed by atoms with Crippen molar-refractivity contribution in [2.75, 3.05) is 19.6 Å². The first-order valence-electron chi connectivity index (χ1n) is 8.85. The molecule has 2 aromatic rings. The van der Waals surface area contributed by atoms with Crippen molar-refractivity contribution in [3.05, 3.63) is 41.9 Å². The van der Waals surface area contributed by atoms with E-state index in [4.69, 9.17) is 4.52 Å². The Kier molecular flexibility index (Phi) is 5.81. The van der Waals surface area contributed by atoms with Crippen LogP contribution in [0, 0.1) is 11.7 Å². The zero-order valence-corrected chi connectivity index (χ0v) is 14.5. The number of halogens is 1. The average Bonchev–Trinajstić information content (AvgIpc) is 3.10. The van der Waals surface area contributed by atoms with Crippen LogP contribution in [0.2, 0.25) is 0 Å². The van der Waals surface area contributed by atoms with E-state index in [-0.39, 0.29) is 18.3 Å². The second-order valence-corrected chi connectivity index (χ2v) is 6.52. The Morgan fingerprint density at radius 1 is 1.36 bits per heavy atom. The summed E-state index contributed by atoms with van der Waals surface area (Å²) in [7, 11) is 0. The van der Waals surface area contributed by atoms with Crippen LogP contribution in [0.15, 0.2) is 34.9 Å². The quantitative estimate of drug-likeness (QED) is 0.873. The fraction of sp³-hybridized carbons (Fsp3) is 0.474. The molecular formula is C19H24FN3O2. The minimum Gasteiger partial charge on any atom is -0.359 e. The minimum atomic E-state index is -0.343. The number of nitrogens with one attached hydrogen (secondary N) is 1. The number of piperidine rings is 1. The monoisotopic (exact) mass is 345 g/mol. The molecule has 1 amide bonds. The summed E-state index contributed by atoms with van der Waals surface area (Å²) in [6.07, 6.45) is 2.69. The van der Waals surface area contributed by atoms with Crippen molar-refractivity contribution in [3.63, 3.8) is 0 Å². The van der Waals surface area contributed by atoms with Crippen molar-refractivity contribution >= 4 is 5.91 Å². The normalized spacial score (nSPS) is 16.1.